The molecule has 1 saturated heterocycles. The van der Waals surface area contributed by atoms with Gasteiger partial charge >= 0.3 is 0 Å². The molecule has 146 valence electrons. The Hall–Kier alpha value is -1.09. The van der Waals surface area contributed by atoms with Crippen LogP contribution in [0.2, 0.25) is 0 Å². The summed E-state index contributed by atoms with van der Waals surface area (Å²) < 4.78 is 27.9. The number of rotatable bonds is 8. The van der Waals surface area contributed by atoms with Crippen LogP contribution in [-0.2, 0) is 14.8 Å². The smallest absolute Gasteiger partial charge is 0.241 e. The van der Waals surface area contributed by atoms with Gasteiger partial charge in [-0.1, -0.05) is 18.2 Å². The van der Waals surface area contributed by atoms with Crippen molar-refractivity contribution in [3.63, 3.8) is 0 Å². The molecule has 1 aliphatic heterocycles. The summed E-state index contributed by atoms with van der Waals surface area (Å²) in [4.78, 5) is 15.0. The van der Waals surface area contributed by atoms with Gasteiger partial charge in [0.15, 0.2) is 0 Å². The van der Waals surface area contributed by atoms with Gasteiger partial charge in [0.1, 0.15) is 6.04 Å². The Bertz CT molecular complexity index is 680. The zero-order valence-corrected chi connectivity index (χ0v) is 17.1. The lowest BCUT2D eigenvalue weighted by Gasteiger charge is -2.36. The normalized spacial score (nSPS) is 20.6. The highest BCUT2D eigenvalue weighted by Gasteiger charge is 2.32. The van der Waals surface area contributed by atoms with Gasteiger partial charge < -0.3 is 10.6 Å². The molecule has 26 heavy (non-hydrogen) atoms. The third-order valence-corrected chi connectivity index (χ3v) is 6.90. The number of nitrogens with zero attached hydrogens (tertiary/aromatic N) is 1. The number of sulfonamides is 1. The number of amides is 1. The van der Waals surface area contributed by atoms with Crippen molar-refractivity contribution < 1.29 is 13.2 Å². The van der Waals surface area contributed by atoms with Gasteiger partial charge in [-0.15, -0.1) is 0 Å². The lowest BCUT2D eigenvalue weighted by Crippen LogP contribution is -2.53. The van der Waals surface area contributed by atoms with Crippen molar-refractivity contribution in [3.8, 4) is 0 Å². The Morgan fingerprint density at radius 1 is 1.38 bits per heavy atom. The number of carbonyl (C=O) groups excluding carboxylic acids is 1. The van der Waals surface area contributed by atoms with Gasteiger partial charge in [0.05, 0.1) is 4.90 Å². The first-order valence-corrected chi connectivity index (χ1v) is 11.8. The minimum Gasteiger partial charge on any atom is -0.341 e. The summed E-state index contributed by atoms with van der Waals surface area (Å²) in [5.74, 6) is 0.821. The van der Waals surface area contributed by atoms with Crippen LogP contribution in [0.15, 0.2) is 35.2 Å². The van der Waals surface area contributed by atoms with Gasteiger partial charge in [0, 0.05) is 19.1 Å². The zero-order valence-electron chi connectivity index (χ0n) is 15.4. The molecule has 3 N–H and O–H groups in total. The molecule has 1 heterocycles. The Balaban J connectivity index is 2.14. The summed E-state index contributed by atoms with van der Waals surface area (Å²) in [6.07, 6.45) is 4.32. The molecule has 3 unspecified atom stereocenters. The first kappa shape index (κ1) is 21.2. The van der Waals surface area contributed by atoms with Crippen LogP contribution in [0, 0.1) is 5.92 Å². The van der Waals surface area contributed by atoms with Gasteiger partial charge in [-0.3, -0.25) is 4.79 Å². The minimum atomic E-state index is -3.73. The molecule has 3 atom stereocenters. The van der Waals surface area contributed by atoms with E-state index in [9.17, 15) is 13.2 Å². The van der Waals surface area contributed by atoms with Crippen LogP contribution >= 0.6 is 11.8 Å². The summed E-state index contributed by atoms with van der Waals surface area (Å²) >= 11 is 1.60. The number of hydrogen-bond donors (Lipinski definition) is 2. The van der Waals surface area contributed by atoms with E-state index in [1.165, 1.54) is 12.1 Å². The second kappa shape index (κ2) is 9.73. The van der Waals surface area contributed by atoms with E-state index in [0.29, 0.717) is 25.3 Å². The van der Waals surface area contributed by atoms with Gasteiger partial charge in [-0.05, 0) is 56.2 Å². The number of hydrogen-bond acceptors (Lipinski definition) is 5. The first-order chi connectivity index (χ1) is 12.3. The van der Waals surface area contributed by atoms with E-state index in [0.717, 1.165) is 12.8 Å². The molecule has 0 aliphatic carbocycles. The van der Waals surface area contributed by atoms with E-state index < -0.39 is 16.1 Å². The van der Waals surface area contributed by atoms with Crippen LogP contribution in [-0.4, -0.2) is 56.4 Å². The summed E-state index contributed by atoms with van der Waals surface area (Å²) in [7, 11) is -3.73. The maximum absolute atomic E-state index is 13.0. The fourth-order valence-electron chi connectivity index (χ4n) is 3.18. The number of nitrogens with two attached hydrogens (primary N) is 1. The number of nitrogens with one attached hydrogen (secondary N) is 1. The molecule has 1 amide bonds. The van der Waals surface area contributed by atoms with Crippen molar-refractivity contribution in [1.82, 2.24) is 9.62 Å². The number of carbonyl (C=O) groups is 1. The SMILES string of the molecule is CSCCC(NS(=O)(=O)c1ccccc1)C(=O)N1CCCC(C(C)N)C1. The van der Waals surface area contributed by atoms with Crippen LogP contribution < -0.4 is 10.5 Å². The molecule has 6 nitrogen and oxygen atoms in total. The summed E-state index contributed by atoms with van der Waals surface area (Å²) in [6.45, 7) is 3.21. The van der Waals surface area contributed by atoms with Crippen molar-refractivity contribution in [3.05, 3.63) is 30.3 Å². The summed E-state index contributed by atoms with van der Waals surface area (Å²) in [5.41, 5.74) is 6.01. The largest absolute Gasteiger partial charge is 0.341 e. The zero-order chi connectivity index (χ0) is 19.2. The number of benzene rings is 1. The third-order valence-electron chi connectivity index (χ3n) is 4.77. The standard InChI is InChI=1S/C18H29N3O3S2/c1-14(19)15-7-6-11-21(13-15)18(22)17(10-12-25-2)20-26(23,24)16-8-4-3-5-9-16/h3-5,8-9,14-15,17,20H,6-7,10-13,19H2,1-2H3. The van der Waals surface area contributed by atoms with E-state index in [2.05, 4.69) is 4.72 Å². The monoisotopic (exact) mass is 399 g/mol. The topological polar surface area (TPSA) is 92.5 Å². The lowest BCUT2D eigenvalue weighted by atomic mass is 9.92. The second-order valence-electron chi connectivity index (χ2n) is 6.81. The number of piperidine rings is 1. The Morgan fingerprint density at radius 3 is 2.69 bits per heavy atom. The van der Waals surface area contributed by atoms with Gasteiger partial charge in [0.2, 0.25) is 15.9 Å². The third kappa shape index (κ3) is 5.70. The quantitative estimate of drug-likeness (QED) is 0.694. The molecule has 8 heteroatoms. The number of thioether (sulfide) groups is 1. The van der Waals surface area contributed by atoms with E-state index in [4.69, 9.17) is 5.73 Å². The lowest BCUT2D eigenvalue weighted by molar-refractivity contribution is -0.135. The van der Waals surface area contributed by atoms with Crippen LogP contribution in [0.3, 0.4) is 0 Å². The second-order valence-corrected chi connectivity index (χ2v) is 9.51. The molecular weight excluding hydrogens is 370 g/mol. The molecule has 0 bridgehead atoms. The average Bonchev–Trinajstić information content (AvgIpc) is 2.65. The molecule has 1 aliphatic rings. The van der Waals surface area contributed by atoms with E-state index in [-0.39, 0.29) is 22.8 Å². The van der Waals surface area contributed by atoms with Crippen molar-refractivity contribution >= 4 is 27.7 Å². The highest BCUT2D eigenvalue weighted by molar-refractivity contribution is 7.98. The maximum Gasteiger partial charge on any atom is 0.241 e. The van der Waals surface area contributed by atoms with Gasteiger partial charge in [-0.25, -0.2) is 8.42 Å². The molecule has 1 fully saturated rings. The minimum absolute atomic E-state index is 0.0243. The molecule has 0 aromatic heterocycles. The average molecular weight is 400 g/mol. The van der Waals surface area contributed by atoms with Crippen molar-refractivity contribution in [2.45, 2.75) is 43.2 Å². The first-order valence-electron chi connectivity index (χ1n) is 8.96. The van der Waals surface area contributed by atoms with Crippen molar-refractivity contribution in [2.24, 2.45) is 11.7 Å². The van der Waals surface area contributed by atoms with Gasteiger partial charge in [-0.2, -0.15) is 16.5 Å². The van der Waals surface area contributed by atoms with E-state index in [1.54, 1.807) is 34.9 Å². The molecule has 0 spiro atoms. The molecule has 1 aromatic rings. The van der Waals surface area contributed by atoms with Crippen LogP contribution in [0.25, 0.3) is 0 Å². The summed E-state index contributed by atoms with van der Waals surface area (Å²) in [6, 6.07) is 7.44. The Kier molecular flexibility index (Phi) is 7.94. The predicted molar refractivity (Wildman–Crippen MR) is 107 cm³/mol. The predicted octanol–water partition coefficient (Wildman–Crippen LogP) is 1.67. The number of likely N-dealkylation sites (tertiary alicyclic amines) is 1. The molecule has 0 saturated carbocycles. The van der Waals surface area contributed by atoms with E-state index in [1.807, 2.05) is 13.2 Å². The molecule has 1 aromatic carbocycles. The highest BCUT2D eigenvalue weighted by Crippen LogP contribution is 2.21. The van der Waals surface area contributed by atoms with Crippen LogP contribution in [0.4, 0.5) is 0 Å². The molecular formula is C18H29N3O3S2. The molecule has 0 radical (unpaired) electrons. The molecule has 2 rings (SSSR count). The van der Waals surface area contributed by atoms with Crippen LogP contribution in [0.1, 0.15) is 26.2 Å². The fourth-order valence-corrected chi connectivity index (χ4v) is 4.90. The maximum atomic E-state index is 13.0. The highest BCUT2D eigenvalue weighted by atomic mass is 32.2. The Labute approximate surface area is 160 Å². The van der Waals surface area contributed by atoms with Crippen LogP contribution in [0.5, 0.6) is 0 Å². The van der Waals surface area contributed by atoms with E-state index >= 15 is 0 Å². The summed E-state index contributed by atoms with van der Waals surface area (Å²) in [5, 5.41) is 0. The van der Waals surface area contributed by atoms with Crippen molar-refractivity contribution in [1.29, 1.82) is 0 Å². The van der Waals surface area contributed by atoms with Gasteiger partial charge in [0.25, 0.3) is 0 Å². The Morgan fingerprint density at radius 2 is 2.08 bits per heavy atom. The fraction of sp³-hybridized carbons (Fsp3) is 0.611. The van der Waals surface area contributed by atoms with Crippen molar-refractivity contribution in [2.75, 3.05) is 25.1 Å².